The molecule has 0 aliphatic rings. The topological polar surface area (TPSA) is 118 Å². The Labute approximate surface area is 70.5 Å². The van der Waals surface area contributed by atoms with Crippen LogP contribution >= 0.6 is 0 Å². The summed E-state index contributed by atoms with van der Waals surface area (Å²) < 4.78 is 4.65. The van der Waals surface area contributed by atoms with E-state index >= 15 is 0 Å². The summed E-state index contributed by atoms with van der Waals surface area (Å²) in [5.74, 6) is -0.843. The van der Waals surface area contributed by atoms with Gasteiger partial charge in [0.25, 0.3) is 0 Å². The van der Waals surface area contributed by atoms with Gasteiger partial charge in [0.2, 0.25) is 11.6 Å². The van der Waals surface area contributed by atoms with Crippen LogP contribution in [0.15, 0.2) is 10.6 Å². The smallest absolute Gasteiger partial charge is 0.358 e. The first kappa shape index (κ1) is 7.40. The van der Waals surface area contributed by atoms with Gasteiger partial charge in [-0.1, -0.05) is 5.16 Å². The molecule has 0 fully saturated rings. The van der Waals surface area contributed by atoms with Crippen molar-refractivity contribution in [1.82, 2.24) is 25.8 Å². The van der Waals surface area contributed by atoms with E-state index in [1.54, 1.807) is 0 Å². The van der Waals surface area contributed by atoms with E-state index in [9.17, 15) is 4.79 Å². The lowest BCUT2D eigenvalue weighted by molar-refractivity contribution is 0.0686. The summed E-state index contributed by atoms with van der Waals surface area (Å²) in [6.45, 7) is 0. The number of H-pyrrole nitrogens is 1. The Balaban J connectivity index is 2.39. The van der Waals surface area contributed by atoms with Crippen molar-refractivity contribution in [2.45, 2.75) is 0 Å². The van der Waals surface area contributed by atoms with Crippen molar-refractivity contribution in [2.75, 3.05) is 0 Å². The standard InChI is InChI=1S/C5H3N5O3/c11-5(12)2-1-3(13-8-2)4-6-9-10-7-4/h1H,(H,11,12)(H,6,7,9,10). The van der Waals surface area contributed by atoms with Crippen LogP contribution in [0.1, 0.15) is 10.5 Å². The Kier molecular flexibility index (Phi) is 1.51. The third-order valence-corrected chi connectivity index (χ3v) is 1.30. The minimum absolute atomic E-state index is 0.158. The van der Waals surface area contributed by atoms with Gasteiger partial charge < -0.3 is 9.63 Å². The van der Waals surface area contributed by atoms with Crippen molar-refractivity contribution in [2.24, 2.45) is 0 Å². The first-order valence-electron chi connectivity index (χ1n) is 3.21. The van der Waals surface area contributed by atoms with Gasteiger partial charge in [0, 0.05) is 6.07 Å². The number of carbonyl (C=O) groups is 1. The van der Waals surface area contributed by atoms with Gasteiger partial charge in [-0.3, -0.25) is 0 Å². The summed E-state index contributed by atoms with van der Waals surface area (Å²) in [5, 5.41) is 24.4. The number of nitrogens with one attached hydrogen (secondary N) is 1. The molecular weight excluding hydrogens is 178 g/mol. The molecular formula is C5H3N5O3. The summed E-state index contributed by atoms with van der Waals surface area (Å²) in [6.07, 6.45) is 0. The van der Waals surface area contributed by atoms with Crippen molar-refractivity contribution < 1.29 is 14.4 Å². The number of tetrazole rings is 1. The lowest BCUT2D eigenvalue weighted by atomic mass is 10.3. The van der Waals surface area contributed by atoms with Gasteiger partial charge in [0.15, 0.2) is 5.69 Å². The fourth-order valence-electron chi connectivity index (χ4n) is 0.748. The fourth-order valence-corrected chi connectivity index (χ4v) is 0.748. The molecule has 0 unspecified atom stereocenters. The van der Waals surface area contributed by atoms with Crippen LogP contribution in [0.4, 0.5) is 0 Å². The number of hydrogen-bond acceptors (Lipinski definition) is 6. The van der Waals surface area contributed by atoms with E-state index in [0.29, 0.717) is 0 Å². The van der Waals surface area contributed by atoms with Gasteiger partial charge in [-0.15, -0.1) is 10.2 Å². The maximum absolute atomic E-state index is 10.4. The van der Waals surface area contributed by atoms with Crippen molar-refractivity contribution in [3.63, 3.8) is 0 Å². The lowest BCUT2D eigenvalue weighted by Crippen LogP contribution is -1.94. The summed E-state index contributed by atoms with van der Waals surface area (Å²) in [6, 6.07) is 1.22. The average molecular weight is 181 g/mol. The van der Waals surface area contributed by atoms with Crippen LogP contribution in [-0.2, 0) is 0 Å². The van der Waals surface area contributed by atoms with Gasteiger partial charge in [-0.05, 0) is 5.21 Å². The quantitative estimate of drug-likeness (QED) is 0.644. The molecule has 0 aliphatic heterocycles. The zero-order valence-electron chi connectivity index (χ0n) is 6.13. The molecule has 0 saturated heterocycles. The van der Waals surface area contributed by atoms with E-state index < -0.39 is 5.97 Å². The van der Waals surface area contributed by atoms with Crippen LogP contribution < -0.4 is 0 Å². The van der Waals surface area contributed by atoms with E-state index in [-0.39, 0.29) is 17.3 Å². The highest BCUT2D eigenvalue weighted by atomic mass is 16.5. The Hall–Kier alpha value is -2.25. The fraction of sp³-hybridized carbons (Fsp3) is 0. The van der Waals surface area contributed by atoms with E-state index in [0.717, 1.165) is 0 Å². The SMILES string of the molecule is O=C(O)c1cc(-c2nn[nH]n2)on1. The molecule has 66 valence electrons. The Morgan fingerprint density at radius 1 is 1.62 bits per heavy atom. The first-order valence-corrected chi connectivity index (χ1v) is 3.21. The molecule has 2 rings (SSSR count). The minimum atomic E-state index is -1.17. The number of hydrogen-bond donors (Lipinski definition) is 2. The summed E-state index contributed by atoms with van der Waals surface area (Å²) in [5.41, 5.74) is -0.195. The second-order valence-electron chi connectivity index (χ2n) is 2.12. The molecule has 8 nitrogen and oxygen atoms in total. The Morgan fingerprint density at radius 2 is 2.46 bits per heavy atom. The molecule has 8 heteroatoms. The number of aromatic nitrogens is 5. The molecule has 2 aromatic rings. The highest BCUT2D eigenvalue weighted by Crippen LogP contribution is 2.13. The Bertz CT molecular complexity index is 419. The molecule has 2 aromatic heterocycles. The van der Waals surface area contributed by atoms with Gasteiger partial charge in [-0.25, -0.2) is 4.79 Å². The van der Waals surface area contributed by atoms with E-state index in [2.05, 4.69) is 30.3 Å². The Morgan fingerprint density at radius 3 is 3.00 bits per heavy atom. The zero-order chi connectivity index (χ0) is 9.26. The number of carboxylic acids is 1. The average Bonchev–Trinajstić information content (AvgIpc) is 2.75. The number of rotatable bonds is 2. The minimum Gasteiger partial charge on any atom is -0.476 e. The predicted molar refractivity (Wildman–Crippen MR) is 36.6 cm³/mol. The van der Waals surface area contributed by atoms with Crippen molar-refractivity contribution in [1.29, 1.82) is 0 Å². The molecule has 0 aromatic carbocycles. The molecule has 2 N–H and O–H groups in total. The van der Waals surface area contributed by atoms with Crippen LogP contribution in [-0.4, -0.2) is 36.9 Å². The van der Waals surface area contributed by atoms with Gasteiger partial charge in [0.05, 0.1) is 0 Å². The first-order chi connectivity index (χ1) is 6.27. The number of aromatic amines is 1. The number of aromatic carboxylic acids is 1. The highest BCUT2D eigenvalue weighted by Gasteiger charge is 2.14. The third-order valence-electron chi connectivity index (χ3n) is 1.30. The third kappa shape index (κ3) is 1.24. The largest absolute Gasteiger partial charge is 0.476 e. The summed E-state index contributed by atoms with van der Waals surface area (Å²) in [4.78, 5) is 10.4. The van der Waals surface area contributed by atoms with Crippen molar-refractivity contribution in [3.05, 3.63) is 11.8 Å². The number of nitrogens with zero attached hydrogens (tertiary/aromatic N) is 4. The molecule has 0 bridgehead atoms. The van der Waals surface area contributed by atoms with Crippen LogP contribution in [0.5, 0.6) is 0 Å². The molecule has 2 heterocycles. The normalized spacial score (nSPS) is 10.2. The molecule has 0 amide bonds. The maximum atomic E-state index is 10.4. The molecule has 0 aliphatic carbocycles. The molecule has 0 saturated carbocycles. The van der Waals surface area contributed by atoms with E-state index in [1.165, 1.54) is 6.07 Å². The van der Waals surface area contributed by atoms with Crippen LogP contribution in [0, 0.1) is 0 Å². The van der Waals surface area contributed by atoms with Crippen LogP contribution in [0.25, 0.3) is 11.6 Å². The summed E-state index contributed by atoms with van der Waals surface area (Å²) in [7, 11) is 0. The van der Waals surface area contributed by atoms with Crippen LogP contribution in [0.2, 0.25) is 0 Å². The van der Waals surface area contributed by atoms with Gasteiger partial charge >= 0.3 is 5.97 Å². The van der Waals surface area contributed by atoms with Gasteiger partial charge in [0.1, 0.15) is 0 Å². The molecule has 0 atom stereocenters. The monoisotopic (exact) mass is 181 g/mol. The van der Waals surface area contributed by atoms with Gasteiger partial charge in [-0.2, -0.15) is 5.21 Å². The molecule has 13 heavy (non-hydrogen) atoms. The second-order valence-corrected chi connectivity index (χ2v) is 2.12. The highest BCUT2D eigenvalue weighted by molar-refractivity contribution is 5.86. The van der Waals surface area contributed by atoms with Crippen LogP contribution in [0.3, 0.4) is 0 Å². The van der Waals surface area contributed by atoms with E-state index in [1.807, 2.05) is 0 Å². The zero-order valence-corrected chi connectivity index (χ0v) is 6.13. The molecule has 0 radical (unpaired) electrons. The molecule has 0 spiro atoms. The van der Waals surface area contributed by atoms with Crippen molar-refractivity contribution in [3.8, 4) is 11.6 Å². The summed E-state index contributed by atoms with van der Waals surface area (Å²) >= 11 is 0. The van der Waals surface area contributed by atoms with E-state index in [4.69, 9.17) is 5.11 Å². The predicted octanol–water partition coefficient (Wildman–Crippen LogP) is -0.447. The maximum Gasteiger partial charge on any atom is 0.358 e. The van der Waals surface area contributed by atoms with Crippen molar-refractivity contribution >= 4 is 5.97 Å². The number of carboxylic acid groups (broad SMARTS) is 1. The second kappa shape index (κ2) is 2.66. The lowest BCUT2D eigenvalue weighted by Gasteiger charge is -1.78.